The molecule has 0 spiro atoms. The number of amides is 2. The molecule has 39 heavy (non-hydrogen) atoms. The van der Waals surface area contributed by atoms with E-state index in [9.17, 15) is 9.59 Å². The van der Waals surface area contributed by atoms with Crippen molar-refractivity contribution in [1.29, 1.82) is 0 Å². The van der Waals surface area contributed by atoms with Crippen molar-refractivity contribution < 1.29 is 19.1 Å². The lowest BCUT2D eigenvalue weighted by Crippen LogP contribution is -2.52. The normalized spacial score (nSPS) is 11.7. The van der Waals surface area contributed by atoms with Crippen LogP contribution in [0.1, 0.15) is 25.0 Å². The molecule has 0 bridgehead atoms. The molecule has 4 rings (SSSR count). The van der Waals surface area contributed by atoms with E-state index in [2.05, 4.69) is 21.2 Å². The monoisotopic (exact) mass is 588 g/mol. The van der Waals surface area contributed by atoms with Gasteiger partial charge in [-0.2, -0.15) is 0 Å². The first kappa shape index (κ1) is 28.2. The van der Waals surface area contributed by atoms with Crippen molar-refractivity contribution in [3.63, 3.8) is 0 Å². The fourth-order valence-electron chi connectivity index (χ4n) is 4.45. The largest absolute Gasteiger partial charge is 0.497 e. The number of carbonyl (C=O) groups excluding carboxylic acids is 2. The molecule has 1 N–H and O–H groups in total. The van der Waals surface area contributed by atoms with E-state index in [-0.39, 0.29) is 31.0 Å². The Morgan fingerprint density at radius 2 is 1.62 bits per heavy atom. The second-order valence-corrected chi connectivity index (χ2v) is 10.4. The van der Waals surface area contributed by atoms with Crippen LogP contribution in [0.25, 0.3) is 10.8 Å². The van der Waals surface area contributed by atoms with E-state index in [1.807, 2.05) is 105 Å². The number of halogens is 1. The molecule has 4 aromatic carbocycles. The van der Waals surface area contributed by atoms with Gasteiger partial charge in [0.15, 0.2) is 6.61 Å². The zero-order valence-electron chi connectivity index (χ0n) is 22.4. The summed E-state index contributed by atoms with van der Waals surface area (Å²) in [4.78, 5) is 29.0. The summed E-state index contributed by atoms with van der Waals surface area (Å²) in [6.07, 6.45) is 0.370. The molecule has 0 aliphatic heterocycles. The van der Waals surface area contributed by atoms with E-state index >= 15 is 0 Å². The van der Waals surface area contributed by atoms with Gasteiger partial charge in [-0.25, -0.2) is 0 Å². The number of rotatable bonds is 11. The first-order valence-electron chi connectivity index (χ1n) is 12.9. The fourth-order valence-corrected chi connectivity index (χ4v) is 5.06. The van der Waals surface area contributed by atoms with Crippen LogP contribution < -0.4 is 14.8 Å². The zero-order valence-corrected chi connectivity index (χ0v) is 24.0. The summed E-state index contributed by atoms with van der Waals surface area (Å²) in [6, 6.07) is 28.2. The summed E-state index contributed by atoms with van der Waals surface area (Å²) in [7, 11) is 1.60. The minimum Gasteiger partial charge on any atom is -0.497 e. The first-order valence-corrected chi connectivity index (χ1v) is 13.7. The maximum absolute atomic E-state index is 13.8. The Bertz CT molecular complexity index is 1420. The van der Waals surface area contributed by atoms with Crippen LogP contribution in [0.3, 0.4) is 0 Å². The van der Waals surface area contributed by atoms with E-state index in [0.717, 1.165) is 26.4 Å². The van der Waals surface area contributed by atoms with Gasteiger partial charge in [-0.3, -0.25) is 9.59 Å². The number of methoxy groups -OCH3 is 1. The van der Waals surface area contributed by atoms with Gasteiger partial charge in [0.1, 0.15) is 17.5 Å². The molecule has 0 aliphatic rings. The van der Waals surface area contributed by atoms with Gasteiger partial charge >= 0.3 is 0 Å². The molecule has 2 amide bonds. The van der Waals surface area contributed by atoms with Gasteiger partial charge < -0.3 is 19.7 Å². The highest BCUT2D eigenvalue weighted by atomic mass is 79.9. The molecule has 0 heterocycles. The minimum absolute atomic E-state index is 0.0747. The fraction of sp³-hybridized carbons (Fsp3) is 0.250. The van der Waals surface area contributed by atoms with E-state index in [1.165, 1.54) is 0 Å². The predicted octanol–water partition coefficient (Wildman–Crippen LogP) is 6.15. The Morgan fingerprint density at radius 3 is 2.36 bits per heavy atom. The molecule has 0 fully saturated rings. The summed E-state index contributed by atoms with van der Waals surface area (Å²) in [6.45, 7) is 3.82. The van der Waals surface area contributed by atoms with Gasteiger partial charge in [-0.05, 0) is 69.9 Å². The average Bonchev–Trinajstić information content (AvgIpc) is 2.94. The van der Waals surface area contributed by atoms with Crippen LogP contribution in [-0.4, -0.2) is 42.5 Å². The molecule has 0 saturated heterocycles. The second kappa shape index (κ2) is 13.3. The van der Waals surface area contributed by atoms with E-state index in [4.69, 9.17) is 9.47 Å². The van der Waals surface area contributed by atoms with Crippen LogP contribution in [0.5, 0.6) is 11.5 Å². The SMILES string of the molecule is COc1cccc(CN(C(=O)COc2ccc3ccccc3c2Br)[C@@H](Cc2ccccc2)C(=O)NC(C)C)c1. The van der Waals surface area contributed by atoms with Crippen LogP contribution >= 0.6 is 15.9 Å². The maximum Gasteiger partial charge on any atom is 0.261 e. The molecule has 0 aliphatic carbocycles. The number of hydrogen-bond acceptors (Lipinski definition) is 4. The molecule has 0 aromatic heterocycles. The van der Waals surface area contributed by atoms with Gasteiger partial charge in [0.2, 0.25) is 5.91 Å². The lowest BCUT2D eigenvalue weighted by molar-refractivity contribution is -0.143. The van der Waals surface area contributed by atoms with Gasteiger partial charge in [0.05, 0.1) is 11.6 Å². The minimum atomic E-state index is -0.739. The predicted molar refractivity (Wildman–Crippen MR) is 158 cm³/mol. The molecule has 6 nitrogen and oxygen atoms in total. The topological polar surface area (TPSA) is 67.9 Å². The van der Waals surface area contributed by atoms with E-state index in [0.29, 0.717) is 17.9 Å². The van der Waals surface area contributed by atoms with Crippen molar-refractivity contribution in [2.75, 3.05) is 13.7 Å². The van der Waals surface area contributed by atoms with Crippen LogP contribution in [0.15, 0.2) is 95.5 Å². The van der Waals surface area contributed by atoms with Crippen molar-refractivity contribution in [3.05, 3.63) is 107 Å². The van der Waals surface area contributed by atoms with Crippen molar-refractivity contribution in [1.82, 2.24) is 10.2 Å². The lowest BCUT2D eigenvalue weighted by Gasteiger charge is -2.32. The smallest absolute Gasteiger partial charge is 0.261 e. The highest BCUT2D eigenvalue weighted by molar-refractivity contribution is 9.10. The summed E-state index contributed by atoms with van der Waals surface area (Å²) in [5.74, 6) is 0.742. The van der Waals surface area contributed by atoms with Crippen molar-refractivity contribution >= 4 is 38.5 Å². The molecule has 1 atom stereocenters. The number of carbonyl (C=O) groups is 2. The Labute approximate surface area is 238 Å². The second-order valence-electron chi connectivity index (χ2n) is 9.63. The molecular formula is C32H33BrN2O4. The van der Waals surface area contributed by atoms with Crippen LogP contribution in [-0.2, 0) is 22.6 Å². The molecule has 0 radical (unpaired) electrons. The molecule has 4 aromatic rings. The van der Waals surface area contributed by atoms with Gasteiger partial charge in [0.25, 0.3) is 5.91 Å². The standard InChI is InChI=1S/C32H33BrN2O4/c1-22(2)34-32(37)28(19-23-10-5-4-6-11-23)35(20-24-12-9-14-26(18-24)38-3)30(36)21-39-29-17-16-25-13-7-8-15-27(25)31(29)33/h4-18,22,28H,19-21H2,1-3H3,(H,34,37)/t28-/m0/s1. The van der Waals surface area contributed by atoms with Crippen LogP contribution in [0.4, 0.5) is 0 Å². The third-order valence-electron chi connectivity index (χ3n) is 6.37. The number of nitrogens with one attached hydrogen (secondary N) is 1. The lowest BCUT2D eigenvalue weighted by atomic mass is 10.0. The van der Waals surface area contributed by atoms with Gasteiger partial charge in [-0.15, -0.1) is 0 Å². The number of hydrogen-bond donors (Lipinski definition) is 1. The molecule has 202 valence electrons. The van der Waals surface area contributed by atoms with E-state index in [1.54, 1.807) is 12.0 Å². The summed E-state index contributed by atoms with van der Waals surface area (Å²) < 4.78 is 12.2. The number of fused-ring (bicyclic) bond motifs is 1. The van der Waals surface area contributed by atoms with Crippen molar-refractivity contribution in [3.8, 4) is 11.5 Å². The van der Waals surface area contributed by atoms with Gasteiger partial charge in [-0.1, -0.05) is 72.8 Å². The third kappa shape index (κ3) is 7.39. The highest BCUT2D eigenvalue weighted by Crippen LogP contribution is 2.33. The quantitative estimate of drug-likeness (QED) is 0.228. The Hall–Kier alpha value is -3.84. The number of nitrogens with zero attached hydrogens (tertiary/aromatic N) is 1. The van der Waals surface area contributed by atoms with Crippen molar-refractivity contribution in [2.45, 2.75) is 38.9 Å². The Morgan fingerprint density at radius 1 is 0.897 bits per heavy atom. The number of ether oxygens (including phenoxy) is 2. The zero-order chi connectivity index (χ0) is 27.8. The van der Waals surface area contributed by atoms with Crippen LogP contribution in [0, 0.1) is 0 Å². The molecular weight excluding hydrogens is 556 g/mol. The summed E-state index contributed by atoms with van der Waals surface area (Å²) in [5.41, 5.74) is 1.81. The van der Waals surface area contributed by atoms with Crippen LogP contribution in [0.2, 0.25) is 0 Å². The highest BCUT2D eigenvalue weighted by Gasteiger charge is 2.31. The Kier molecular flexibility index (Phi) is 9.60. The van der Waals surface area contributed by atoms with Crippen molar-refractivity contribution in [2.24, 2.45) is 0 Å². The van der Waals surface area contributed by atoms with E-state index < -0.39 is 6.04 Å². The summed E-state index contributed by atoms with van der Waals surface area (Å²) >= 11 is 3.63. The average molecular weight is 590 g/mol. The Balaban J connectivity index is 1.65. The third-order valence-corrected chi connectivity index (χ3v) is 7.19. The molecule has 7 heteroatoms. The molecule has 0 saturated carbocycles. The molecule has 0 unspecified atom stereocenters. The van der Waals surface area contributed by atoms with Gasteiger partial charge in [0, 0.05) is 19.0 Å². The maximum atomic E-state index is 13.8. The summed E-state index contributed by atoms with van der Waals surface area (Å²) in [5, 5.41) is 5.06. The number of benzene rings is 4. The first-order chi connectivity index (χ1) is 18.9.